The highest BCUT2D eigenvalue weighted by atomic mass is 35.5. The number of alkyl halides is 1. The van der Waals surface area contributed by atoms with Crippen molar-refractivity contribution in [2.24, 2.45) is 0 Å². The lowest BCUT2D eigenvalue weighted by Gasteiger charge is -2.15. The molecule has 6 heteroatoms. The van der Waals surface area contributed by atoms with Crippen LogP contribution in [-0.2, 0) is 0 Å². The van der Waals surface area contributed by atoms with Crippen molar-refractivity contribution >= 4 is 23.2 Å². The van der Waals surface area contributed by atoms with Crippen molar-refractivity contribution in [3.63, 3.8) is 0 Å². The molecule has 1 aliphatic carbocycles. The van der Waals surface area contributed by atoms with Crippen molar-refractivity contribution in [2.45, 2.75) is 25.3 Å². The topological polar surface area (TPSA) is 72.2 Å². The highest BCUT2D eigenvalue weighted by Crippen LogP contribution is 2.37. The zero-order chi connectivity index (χ0) is 13.3. The Labute approximate surface area is 109 Å². The van der Waals surface area contributed by atoms with Crippen LogP contribution in [0.1, 0.15) is 28.8 Å². The molecule has 5 nitrogen and oxygen atoms in total. The fourth-order valence-corrected chi connectivity index (χ4v) is 2.18. The highest BCUT2D eigenvalue weighted by Gasteiger charge is 2.44. The molecule has 1 saturated carbocycles. The van der Waals surface area contributed by atoms with Crippen LogP contribution < -0.4 is 5.32 Å². The highest BCUT2D eigenvalue weighted by molar-refractivity contribution is 6.19. The van der Waals surface area contributed by atoms with Crippen LogP contribution in [0.15, 0.2) is 18.2 Å². The maximum absolute atomic E-state index is 12.1. The van der Waals surface area contributed by atoms with Crippen LogP contribution in [0.4, 0.5) is 5.69 Å². The van der Waals surface area contributed by atoms with Gasteiger partial charge >= 0.3 is 0 Å². The van der Waals surface area contributed by atoms with Gasteiger partial charge in [0.25, 0.3) is 11.6 Å². The second kappa shape index (κ2) is 4.57. The van der Waals surface area contributed by atoms with Gasteiger partial charge in [-0.2, -0.15) is 0 Å². The minimum Gasteiger partial charge on any atom is -0.345 e. The number of aryl methyl sites for hydroxylation is 1. The third-order valence-electron chi connectivity index (χ3n) is 3.16. The number of benzene rings is 1. The van der Waals surface area contributed by atoms with Gasteiger partial charge in [-0.1, -0.05) is 12.1 Å². The second-order valence-corrected chi connectivity index (χ2v) is 4.86. The minimum absolute atomic E-state index is 0.124. The molecule has 1 aliphatic rings. The van der Waals surface area contributed by atoms with E-state index in [2.05, 4.69) is 5.32 Å². The number of nitro groups is 1. The number of carbonyl (C=O) groups is 1. The quantitative estimate of drug-likeness (QED) is 0.518. The van der Waals surface area contributed by atoms with Crippen molar-refractivity contribution in [2.75, 3.05) is 5.88 Å². The summed E-state index contributed by atoms with van der Waals surface area (Å²) in [7, 11) is 0. The number of hydrogen-bond acceptors (Lipinski definition) is 3. The van der Waals surface area contributed by atoms with Gasteiger partial charge in [0.2, 0.25) is 0 Å². The van der Waals surface area contributed by atoms with E-state index in [4.69, 9.17) is 11.6 Å². The Morgan fingerprint density at radius 1 is 1.56 bits per heavy atom. The molecule has 0 saturated heterocycles. The molecular weight excluding hydrogens is 256 g/mol. The van der Waals surface area contributed by atoms with Gasteiger partial charge in [0.15, 0.2) is 0 Å². The fraction of sp³-hybridized carbons (Fsp3) is 0.417. The summed E-state index contributed by atoms with van der Waals surface area (Å²) in [6.45, 7) is 1.68. The predicted molar refractivity (Wildman–Crippen MR) is 68.0 cm³/mol. The van der Waals surface area contributed by atoms with Gasteiger partial charge in [0.05, 0.1) is 10.5 Å². The molecule has 18 heavy (non-hydrogen) atoms. The van der Waals surface area contributed by atoms with E-state index in [9.17, 15) is 14.9 Å². The van der Waals surface area contributed by atoms with Gasteiger partial charge in [-0.15, -0.1) is 11.6 Å². The number of nitrogens with zero attached hydrogens (tertiary/aromatic N) is 1. The number of carbonyl (C=O) groups excluding carboxylic acids is 1. The van der Waals surface area contributed by atoms with Crippen molar-refractivity contribution in [1.82, 2.24) is 5.32 Å². The van der Waals surface area contributed by atoms with E-state index in [-0.39, 0.29) is 16.8 Å². The van der Waals surface area contributed by atoms with Gasteiger partial charge in [-0.3, -0.25) is 14.9 Å². The molecule has 1 aromatic rings. The van der Waals surface area contributed by atoms with E-state index < -0.39 is 10.8 Å². The molecule has 1 amide bonds. The maximum atomic E-state index is 12.1. The summed E-state index contributed by atoms with van der Waals surface area (Å²) >= 11 is 5.78. The number of nitro benzene ring substituents is 1. The Hall–Kier alpha value is -1.62. The summed E-state index contributed by atoms with van der Waals surface area (Å²) in [5, 5.41) is 13.7. The third kappa shape index (κ3) is 2.31. The van der Waals surface area contributed by atoms with Crippen LogP contribution in [0.25, 0.3) is 0 Å². The van der Waals surface area contributed by atoms with Crippen LogP contribution in [0.5, 0.6) is 0 Å². The third-order valence-corrected chi connectivity index (χ3v) is 3.67. The summed E-state index contributed by atoms with van der Waals surface area (Å²) in [4.78, 5) is 22.5. The average Bonchev–Trinajstić information content (AvgIpc) is 3.08. The molecule has 1 fully saturated rings. The molecule has 2 rings (SSSR count). The van der Waals surface area contributed by atoms with E-state index >= 15 is 0 Å². The van der Waals surface area contributed by atoms with Crippen molar-refractivity contribution in [1.29, 1.82) is 0 Å². The number of nitrogens with one attached hydrogen (secondary N) is 1. The van der Waals surface area contributed by atoms with Crippen LogP contribution >= 0.6 is 11.6 Å². The van der Waals surface area contributed by atoms with Crippen LogP contribution in [0.3, 0.4) is 0 Å². The molecule has 96 valence electrons. The lowest BCUT2D eigenvalue weighted by Crippen LogP contribution is -2.38. The number of amides is 1. The lowest BCUT2D eigenvalue weighted by atomic mass is 10.1. The van der Waals surface area contributed by atoms with E-state index in [0.29, 0.717) is 11.4 Å². The normalized spacial score (nSPS) is 16.1. The Kier molecular flexibility index (Phi) is 3.26. The Morgan fingerprint density at radius 2 is 2.22 bits per heavy atom. The lowest BCUT2D eigenvalue weighted by molar-refractivity contribution is -0.385. The standard InChI is InChI=1S/C12H13ClN2O3/c1-8-3-2-4-9(15(17)18)10(8)11(16)14-12(7-13)5-6-12/h2-4H,5-7H2,1H3,(H,14,16). The molecule has 0 heterocycles. The molecule has 0 atom stereocenters. The first-order valence-electron chi connectivity index (χ1n) is 5.61. The monoisotopic (exact) mass is 268 g/mol. The zero-order valence-corrected chi connectivity index (χ0v) is 10.7. The molecule has 0 aromatic heterocycles. The van der Waals surface area contributed by atoms with E-state index in [1.165, 1.54) is 6.07 Å². The van der Waals surface area contributed by atoms with Crippen LogP contribution in [-0.4, -0.2) is 22.2 Å². The SMILES string of the molecule is Cc1cccc([N+](=O)[O-])c1C(=O)NC1(CCl)CC1. The largest absolute Gasteiger partial charge is 0.345 e. The first kappa shape index (κ1) is 12.8. The molecule has 1 aromatic carbocycles. The summed E-state index contributed by atoms with van der Waals surface area (Å²) in [6.07, 6.45) is 1.64. The zero-order valence-electron chi connectivity index (χ0n) is 9.90. The average molecular weight is 269 g/mol. The molecule has 0 aliphatic heterocycles. The van der Waals surface area contributed by atoms with E-state index in [1.54, 1.807) is 19.1 Å². The Morgan fingerprint density at radius 3 is 2.72 bits per heavy atom. The minimum atomic E-state index is -0.540. The predicted octanol–water partition coefficient (Wildman–Crippen LogP) is 2.40. The summed E-state index contributed by atoms with van der Waals surface area (Å²) in [5.74, 6) is -0.0868. The fourth-order valence-electron chi connectivity index (χ4n) is 1.85. The van der Waals surface area contributed by atoms with Gasteiger partial charge in [0, 0.05) is 11.9 Å². The Balaban J connectivity index is 2.32. The molecule has 1 N–H and O–H groups in total. The molecule has 0 bridgehead atoms. The smallest absolute Gasteiger partial charge is 0.282 e. The van der Waals surface area contributed by atoms with Crippen molar-refractivity contribution in [3.05, 3.63) is 39.4 Å². The van der Waals surface area contributed by atoms with Crippen molar-refractivity contribution < 1.29 is 9.72 Å². The van der Waals surface area contributed by atoms with Crippen molar-refractivity contribution in [3.8, 4) is 0 Å². The summed E-state index contributed by atoms with van der Waals surface area (Å²) in [6, 6.07) is 4.59. The first-order valence-corrected chi connectivity index (χ1v) is 6.15. The second-order valence-electron chi connectivity index (χ2n) is 4.59. The molecule has 0 spiro atoms. The first-order chi connectivity index (χ1) is 8.49. The summed E-state index contributed by atoms with van der Waals surface area (Å²) in [5.41, 5.74) is 0.179. The Bertz CT molecular complexity index is 512. The van der Waals surface area contributed by atoms with Gasteiger partial charge in [-0.25, -0.2) is 0 Å². The van der Waals surface area contributed by atoms with Gasteiger partial charge in [0.1, 0.15) is 5.56 Å². The van der Waals surface area contributed by atoms with Crippen LogP contribution in [0.2, 0.25) is 0 Å². The molecule has 0 unspecified atom stereocenters. The van der Waals surface area contributed by atoms with Crippen LogP contribution in [0, 0.1) is 17.0 Å². The van der Waals surface area contributed by atoms with Gasteiger partial charge in [-0.05, 0) is 25.3 Å². The molecule has 0 radical (unpaired) electrons. The van der Waals surface area contributed by atoms with E-state index in [0.717, 1.165) is 12.8 Å². The van der Waals surface area contributed by atoms with E-state index in [1.807, 2.05) is 0 Å². The number of halogens is 1. The number of rotatable bonds is 4. The summed E-state index contributed by atoms with van der Waals surface area (Å²) < 4.78 is 0. The number of hydrogen-bond donors (Lipinski definition) is 1. The van der Waals surface area contributed by atoms with Gasteiger partial charge < -0.3 is 5.32 Å². The molecular formula is C12H13ClN2O3. The maximum Gasteiger partial charge on any atom is 0.282 e.